The number of carbonyl (C=O) groups is 2. The van der Waals surface area contributed by atoms with E-state index in [4.69, 9.17) is 9.15 Å². The molecular weight excluding hydrogens is 282 g/mol. The molecule has 0 fully saturated rings. The van der Waals surface area contributed by atoms with Crippen LogP contribution >= 0.6 is 0 Å². The van der Waals surface area contributed by atoms with Gasteiger partial charge >= 0.3 is 5.97 Å². The van der Waals surface area contributed by atoms with Crippen LogP contribution < -0.4 is 5.32 Å². The molecule has 0 radical (unpaired) electrons. The van der Waals surface area contributed by atoms with Crippen molar-refractivity contribution in [1.82, 2.24) is 5.32 Å². The number of amides is 1. The predicted octanol–water partition coefficient (Wildman–Crippen LogP) is 2.63. The van der Waals surface area contributed by atoms with E-state index in [0.29, 0.717) is 11.3 Å². The number of ether oxygens (including phenoxy) is 1. The number of furan rings is 1. The van der Waals surface area contributed by atoms with Gasteiger partial charge in [-0.1, -0.05) is 30.3 Å². The van der Waals surface area contributed by atoms with Crippen LogP contribution in [-0.4, -0.2) is 19.0 Å². The van der Waals surface area contributed by atoms with Crippen LogP contribution in [0.4, 0.5) is 0 Å². The third-order valence-corrected chi connectivity index (χ3v) is 3.02. The van der Waals surface area contributed by atoms with Crippen LogP contribution in [0.5, 0.6) is 0 Å². The number of esters is 1. The summed E-state index contributed by atoms with van der Waals surface area (Å²) in [4.78, 5) is 23.8. The van der Waals surface area contributed by atoms with Crippen LogP contribution in [0.15, 0.2) is 53.0 Å². The van der Waals surface area contributed by atoms with Crippen LogP contribution in [0.3, 0.4) is 0 Å². The second kappa shape index (κ2) is 7.26. The molecule has 0 spiro atoms. The minimum atomic E-state index is -0.846. The Morgan fingerprint density at radius 3 is 2.50 bits per heavy atom. The number of hydrogen-bond donors (Lipinski definition) is 1. The highest BCUT2D eigenvalue weighted by Gasteiger charge is 2.22. The van der Waals surface area contributed by atoms with E-state index in [1.807, 2.05) is 13.0 Å². The highest BCUT2D eigenvalue weighted by atomic mass is 16.5. The van der Waals surface area contributed by atoms with Gasteiger partial charge in [-0.2, -0.15) is 0 Å². The van der Waals surface area contributed by atoms with Gasteiger partial charge in [0.15, 0.2) is 6.04 Å². The molecule has 0 saturated carbocycles. The number of carbonyl (C=O) groups excluding carboxylic acids is 2. The SMILES string of the molecule is COC(=O)[C@@H](NC(=O)/C=C/c1ccc(C)o1)c1ccccc1. The lowest BCUT2D eigenvalue weighted by Crippen LogP contribution is -2.33. The van der Waals surface area contributed by atoms with Gasteiger partial charge in [-0.05, 0) is 30.7 Å². The molecule has 1 aromatic heterocycles. The van der Waals surface area contributed by atoms with Gasteiger partial charge in [-0.3, -0.25) is 4.79 Å². The van der Waals surface area contributed by atoms with Crippen molar-refractivity contribution in [2.24, 2.45) is 0 Å². The van der Waals surface area contributed by atoms with Crippen molar-refractivity contribution in [2.45, 2.75) is 13.0 Å². The van der Waals surface area contributed by atoms with Crippen LogP contribution in [0.1, 0.15) is 23.1 Å². The topological polar surface area (TPSA) is 68.5 Å². The van der Waals surface area contributed by atoms with Crippen molar-refractivity contribution in [2.75, 3.05) is 7.11 Å². The van der Waals surface area contributed by atoms with E-state index in [0.717, 1.165) is 5.76 Å². The summed E-state index contributed by atoms with van der Waals surface area (Å²) in [6.45, 7) is 1.82. The Morgan fingerprint density at radius 1 is 1.18 bits per heavy atom. The molecule has 1 heterocycles. The first kappa shape index (κ1) is 15.6. The van der Waals surface area contributed by atoms with Gasteiger partial charge in [0.1, 0.15) is 11.5 Å². The Kier molecular flexibility index (Phi) is 5.14. The average molecular weight is 299 g/mol. The van der Waals surface area contributed by atoms with Crippen molar-refractivity contribution in [1.29, 1.82) is 0 Å². The summed E-state index contributed by atoms with van der Waals surface area (Å²) < 4.78 is 10.1. The van der Waals surface area contributed by atoms with E-state index in [9.17, 15) is 9.59 Å². The molecule has 0 aliphatic carbocycles. The molecule has 2 rings (SSSR count). The molecule has 22 heavy (non-hydrogen) atoms. The van der Waals surface area contributed by atoms with Crippen LogP contribution in [0.2, 0.25) is 0 Å². The lowest BCUT2D eigenvalue weighted by molar-refractivity contribution is -0.144. The minimum Gasteiger partial charge on any atom is -0.467 e. The highest BCUT2D eigenvalue weighted by molar-refractivity contribution is 5.94. The molecule has 5 nitrogen and oxygen atoms in total. The van der Waals surface area contributed by atoms with Crippen molar-refractivity contribution in [3.05, 3.63) is 65.6 Å². The fraction of sp³-hybridized carbons (Fsp3) is 0.176. The zero-order valence-corrected chi connectivity index (χ0v) is 12.4. The third-order valence-electron chi connectivity index (χ3n) is 3.02. The molecule has 0 saturated heterocycles. The summed E-state index contributed by atoms with van der Waals surface area (Å²) in [6.07, 6.45) is 2.86. The number of aryl methyl sites for hydroxylation is 1. The fourth-order valence-electron chi connectivity index (χ4n) is 1.93. The van der Waals surface area contributed by atoms with Crippen LogP contribution in [0.25, 0.3) is 6.08 Å². The van der Waals surface area contributed by atoms with Crippen LogP contribution in [0, 0.1) is 6.92 Å². The molecule has 5 heteroatoms. The van der Waals surface area contributed by atoms with Gasteiger partial charge in [-0.25, -0.2) is 4.79 Å². The molecule has 0 aliphatic heterocycles. The van der Waals surface area contributed by atoms with E-state index < -0.39 is 17.9 Å². The van der Waals surface area contributed by atoms with Crippen molar-refractivity contribution >= 4 is 18.0 Å². The van der Waals surface area contributed by atoms with E-state index in [1.54, 1.807) is 42.5 Å². The van der Waals surface area contributed by atoms with Crippen LogP contribution in [-0.2, 0) is 14.3 Å². The Labute approximate surface area is 128 Å². The Hall–Kier alpha value is -2.82. The largest absolute Gasteiger partial charge is 0.467 e. The monoisotopic (exact) mass is 299 g/mol. The number of nitrogens with one attached hydrogen (secondary N) is 1. The third kappa shape index (κ3) is 4.09. The molecule has 1 atom stereocenters. The zero-order valence-electron chi connectivity index (χ0n) is 12.4. The molecule has 0 unspecified atom stereocenters. The smallest absolute Gasteiger partial charge is 0.333 e. The molecule has 0 bridgehead atoms. The van der Waals surface area contributed by atoms with Crippen molar-refractivity contribution in [3.63, 3.8) is 0 Å². The molecule has 1 aromatic carbocycles. The van der Waals surface area contributed by atoms with Crippen molar-refractivity contribution in [3.8, 4) is 0 Å². The van der Waals surface area contributed by atoms with E-state index in [2.05, 4.69) is 5.32 Å². The van der Waals surface area contributed by atoms with E-state index >= 15 is 0 Å². The lowest BCUT2D eigenvalue weighted by atomic mass is 10.1. The first-order chi connectivity index (χ1) is 10.6. The predicted molar refractivity (Wildman–Crippen MR) is 81.8 cm³/mol. The maximum atomic E-state index is 12.0. The van der Waals surface area contributed by atoms with Gasteiger partial charge in [0.25, 0.3) is 0 Å². The summed E-state index contributed by atoms with van der Waals surface area (Å²) in [5.74, 6) is 0.397. The van der Waals surface area contributed by atoms with Crippen molar-refractivity contribution < 1.29 is 18.7 Å². The Bertz CT molecular complexity index is 673. The normalized spacial score (nSPS) is 12.1. The molecule has 1 amide bonds. The first-order valence-corrected chi connectivity index (χ1v) is 6.78. The molecular formula is C17H17NO4. The molecule has 2 aromatic rings. The number of hydrogen-bond acceptors (Lipinski definition) is 4. The van der Waals surface area contributed by atoms with Gasteiger partial charge < -0.3 is 14.5 Å². The van der Waals surface area contributed by atoms with Gasteiger partial charge in [0.2, 0.25) is 5.91 Å². The number of rotatable bonds is 5. The summed E-state index contributed by atoms with van der Waals surface area (Å²) in [5, 5.41) is 2.62. The van der Waals surface area contributed by atoms with E-state index in [-0.39, 0.29) is 0 Å². The maximum Gasteiger partial charge on any atom is 0.333 e. The minimum absolute atomic E-state index is 0.409. The van der Waals surface area contributed by atoms with Gasteiger partial charge in [-0.15, -0.1) is 0 Å². The lowest BCUT2D eigenvalue weighted by Gasteiger charge is -2.15. The second-order valence-corrected chi connectivity index (χ2v) is 4.66. The molecule has 114 valence electrons. The summed E-state index contributed by atoms with van der Waals surface area (Å²) >= 11 is 0. The first-order valence-electron chi connectivity index (χ1n) is 6.78. The molecule has 0 aliphatic rings. The second-order valence-electron chi connectivity index (χ2n) is 4.66. The number of benzene rings is 1. The van der Waals surface area contributed by atoms with Gasteiger partial charge in [0.05, 0.1) is 7.11 Å². The molecule has 1 N–H and O–H groups in total. The average Bonchev–Trinajstić information content (AvgIpc) is 2.96. The number of methoxy groups -OCH3 is 1. The van der Waals surface area contributed by atoms with Gasteiger partial charge in [0, 0.05) is 6.08 Å². The zero-order chi connectivity index (χ0) is 15.9. The quantitative estimate of drug-likeness (QED) is 0.680. The Balaban J connectivity index is 2.08. The summed E-state index contributed by atoms with van der Waals surface area (Å²) in [7, 11) is 1.28. The highest BCUT2D eigenvalue weighted by Crippen LogP contribution is 2.14. The fourth-order valence-corrected chi connectivity index (χ4v) is 1.93. The maximum absolute atomic E-state index is 12.0. The Morgan fingerprint density at radius 2 is 1.91 bits per heavy atom. The van der Waals surface area contributed by atoms with E-state index in [1.165, 1.54) is 13.2 Å². The summed E-state index contributed by atoms with van der Waals surface area (Å²) in [6, 6.07) is 11.6. The standard InChI is InChI=1S/C17H17NO4/c1-12-8-9-14(22-12)10-11-15(19)18-16(17(20)21-2)13-6-4-3-5-7-13/h3-11,16H,1-2H3,(H,18,19)/b11-10+/t16-/m0/s1. The summed E-state index contributed by atoms with van der Waals surface area (Å²) in [5.41, 5.74) is 0.657.